The monoisotopic (exact) mass is 322 g/mol. The number of allylic oxidation sites excluding steroid dienone is 1. The molecule has 4 heteroatoms. The molecule has 1 aliphatic carbocycles. The lowest BCUT2D eigenvalue weighted by atomic mass is 9.97. The minimum Gasteiger partial charge on any atom is -0.446 e. The Labute approximate surface area is 142 Å². The van der Waals surface area contributed by atoms with Gasteiger partial charge in [0.1, 0.15) is 16.9 Å². The predicted octanol–water partition coefficient (Wildman–Crippen LogP) is 4.02. The van der Waals surface area contributed by atoms with E-state index in [-0.39, 0.29) is 0 Å². The highest BCUT2D eigenvalue weighted by molar-refractivity contribution is 6.04. The standard InChI is InChI=1S/C20H23N3O/c1-2-17-22-18-15-10-6-7-11-16(15)24-19(18)20(23-17)21-13-12-14-8-4-3-5-9-14/h6-8,10-11H,2-5,9,12-13H2,1H3,(H,21,22,23)/p+1. The van der Waals surface area contributed by atoms with Gasteiger partial charge in [-0.3, -0.25) is 5.32 Å². The maximum atomic E-state index is 6.05. The number of hydrogen-bond donors (Lipinski definition) is 1. The third-order valence-corrected chi connectivity index (χ3v) is 4.80. The molecule has 2 heterocycles. The zero-order chi connectivity index (χ0) is 16.4. The number of nitrogens with zero attached hydrogens (tertiary/aromatic N) is 2. The Kier molecular flexibility index (Phi) is 4.30. The lowest BCUT2D eigenvalue weighted by Crippen LogP contribution is -2.78. The molecule has 0 aliphatic heterocycles. The first-order chi connectivity index (χ1) is 11.8. The molecule has 4 rings (SSSR count). The Hall–Kier alpha value is -2.20. The second kappa shape index (κ2) is 6.73. The summed E-state index contributed by atoms with van der Waals surface area (Å²) in [6.07, 6.45) is 9.58. The van der Waals surface area contributed by atoms with E-state index in [1.54, 1.807) is 5.57 Å². The Morgan fingerprint density at radius 3 is 2.92 bits per heavy atom. The molecule has 124 valence electrons. The number of benzene rings is 1. The van der Waals surface area contributed by atoms with Crippen LogP contribution in [0.3, 0.4) is 0 Å². The van der Waals surface area contributed by atoms with Crippen LogP contribution in [0.15, 0.2) is 40.3 Å². The SMILES string of the molecule is CCc1nc([NH2+]CCC2=CCCCC2)c2oc3ccccc3c2n1. The van der Waals surface area contributed by atoms with Crippen molar-refractivity contribution in [2.75, 3.05) is 6.54 Å². The fourth-order valence-electron chi connectivity index (χ4n) is 3.48. The van der Waals surface area contributed by atoms with Crippen LogP contribution in [0.5, 0.6) is 0 Å². The van der Waals surface area contributed by atoms with Crippen LogP contribution in [0.2, 0.25) is 0 Å². The Balaban J connectivity index is 1.64. The Morgan fingerprint density at radius 2 is 2.08 bits per heavy atom. The topological polar surface area (TPSA) is 55.5 Å². The van der Waals surface area contributed by atoms with Gasteiger partial charge >= 0.3 is 0 Å². The summed E-state index contributed by atoms with van der Waals surface area (Å²) in [7, 11) is 0. The molecule has 0 spiro atoms. The fourth-order valence-corrected chi connectivity index (χ4v) is 3.48. The first-order valence-corrected chi connectivity index (χ1v) is 9.04. The largest absolute Gasteiger partial charge is 0.446 e. The minimum absolute atomic E-state index is 0.825. The summed E-state index contributed by atoms with van der Waals surface area (Å²) in [6.45, 7) is 3.11. The maximum Gasteiger partial charge on any atom is 0.272 e. The number of fused-ring (bicyclic) bond motifs is 3. The number of hydrogen-bond acceptors (Lipinski definition) is 3. The maximum absolute atomic E-state index is 6.05. The number of aryl methyl sites for hydroxylation is 1. The normalized spacial score (nSPS) is 15.1. The smallest absolute Gasteiger partial charge is 0.272 e. The van der Waals surface area contributed by atoms with Gasteiger partial charge < -0.3 is 4.42 Å². The van der Waals surface area contributed by atoms with Gasteiger partial charge in [0.2, 0.25) is 5.58 Å². The van der Waals surface area contributed by atoms with Gasteiger partial charge in [0.15, 0.2) is 0 Å². The molecule has 24 heavy (non-hydrogen) atoms. The zero-order valence-corrected chi connectivity index (χ0v) is 14.2. The lowest BCUT2D eigenvalue weighted by molar-refractivity contribution is -0.573. The van der Waals surface area contributed by atoms with Crippen LogP contribution >= 0.6 is 0 Å². The number of furan rings is 1. The van der Waals surface area contributed by atoms with Crippen molar-refractivity contribution in [3.63, 3.8) is 0 Å². The average Bonchev–Trinajstić information content (AvgIpc) is 3.01. The Morgan fingerprint density at radius 1 is 1.17 bits per heavy atom. The van der Waals surface area contributed by atoms with Crippen molar-refractivity contribution in [3.8, 4) is 0 Å². The van der Waals surface area contributed by atoms with Crippen LogP contribution in [0.25, 0.3) is 22.1 Å². The highest BCUT2D eigenvalue weighted by Crippen LogP contribution is 2.29. The summed E-state index contributed by atoms with van der Waals surface area (Å²) >= 11 is 0. The summed E-state index contributed by atoms with van der Waals surface area (Å²) in [5, 5.41) is 3.30. The summed E-state index contributed by atoms with van der Waals surface area (Å²) < 4.78 is 6.05. The molecular weight excluding hydrogens is 298 g/mol. The number of para-hydroxylation sites is 1. The van der Waals surface area contributed by atoms with Crippen molar-refractivity contribution in [2.24, 2.45) is 0 Å². The van der Waals surface area contributed by atoms with Crippen LogP contribution < -0.4 is 5.32 Å². The summed E-state index contributed by atoms with van der Waals surface area (Å²) in [5.41, 5.74) is 4.26. The molecule has 0 unspecified atom stereocenters. The van der Waals surface area contributed by atoms with Crippen molar-refractivity contribution in [1.82, 2.24) is 9.97 Å². The van der Waals surface area contributed by atoms with E-state index in [1.807, 2.05) is 18.2 Å². The molecule has 0 atom stereocenters. The molecule has 1 aromatic carbocycles. The highest BCUT2D eigenvalue weighted by atomic mass is 16.3. The van der Waals surface area contributed by atoms with Gasteiger partial charge in [-0.25, -0.2) is 4.98 Å². The van der Waals surface area contributed by atoms with Crippen LogP contribution in [-0.4, -0.2) is 16.5 Å². The van der Waals surface area contributed by atoms with Gasteiger partial charge in [-0.15, -0.1) is 0 Å². The fraction of sp³-hybridized carbons (Fsp3) is 0.400. The van der Waals surface area contributed by atoms with E-state index in [0.29, 0.717) is 0 Å². The molecule has 0 fully saturated rings. The molecule has 3 aromatic rings. The molecule has 4 nitrogen and oxygen atoms in total. The predicted molar refractivity (Wildman–Crippen MR) is 96.3 cm³/mol. The molecule has 0 saturated heterocycles. The summed E-state index contributed by atoms with van der Waals surface area (Å²) in [5.74, 6) is 1.83. The first kappa shape index (κ1) is 15.3. The molecule has 0 bridgehead atoms. The van der Waals surface area contributed by atoms with Crippen molar-refractivity contribution in [2.45, 2.75) is 45.4 Å². The molecule has 2 aromatic heterocycles. The van der Waals surface area contributed by atoms with E-state index >= 15 is 0 Å². The second-order valence-electron chi connectivity index (χ2n) is 6.51. The molecule has 0 saturated carbocycles. The van der Waals surface area contributed by atoms with Crippen molar-refractivity contribution in [1.29, 1.82) is 0 Å². The molecule has 1 aliphatic rings. The minimum atomic E-state index is 0.825. The summed E-state index contributed by atoms with van der Waals surface area (Å²) in [6, 6.07) is 8.10. The third-order valence-electron chi connectivity index (χ3n) is 4.80. The van der Waals surface area contributed by atoms with Crippen molar-refractivity contribution < 1.29 is 9.73 Å². The van der Waals surface area contributed by atoms with E-state index in [4.69, 9.17) is 14.4 Å². The van der Waals surface area contributed by atoms with Crippen molar-refractivity contribution >= 4 is 27.9 Å². The average molecular weight is 322 g/mol. The van der Waals surface area contributed by atoms with Crippen LogP contribution in [0.4, 0.5) is 5.82 Å². The van der Waals surface area contributed by atoms with Gasteiger partial charge in [-0.2, -0.15) is 4.98 Å². The quantitative estimate of drug-likeness (QED) is 0.722. The van der Waals surface area contributed by atoms with Crippen molar-refractivity contribution in [3.05, 3.63) is 41.7 Å². The van der Waals surface area contributed by atoms with Crippen LogP contribution in [0, 0.1) is 0 Å². The number of rotatable bonds is 5. The Bertz CT molecular complexity index is 894. The van der Waals surface area contributed by atoms with Gasteiger partial charge in [-0.1, -0.05) is 30.7 Å². The molecule has 0 amide bonds. The van der Waals surface area contributed by atoms with Crippen LogP contribution in [0.1, 0.15) is 44.9 Å². The van der Waals surface area contributed by atoms with Gasteiger partial charge in [-0.05, 0) is 37.8 Å². The van der Waals surface area contributed by atoms with E-state index in [9.17, 15) is 0 Å². The third kappa shape index (κ3) is 2.94. The zero-order valence-electron chi connectivity index (χ0n) is 14.2. The highest BCUT2D eigenvalue weighted by Gasteiger charge is 2.18. The van der Waals surface area contributed by atoms with Gasteiger partial charge in [0.05, 0.1) is 6.54 Å². The number of nitrogens with two attached hydrogens (primary N) is 1. The van der Waals surface area contributed by atoms with E-state index in [0.717, 1.165) is 53.1 Å². The second-order valence-corrected chi connectivity index (χ2v) is 6.51. The van der Waals surface area contributed by atoms with E-state index in [2.05, 4.69) is 24.4 Å². The number of aromatic nitrogens is 2. The van der Waals surface area contributed by atoms with Crippen LogP contribution in [-0.2, 0) is 6.42 Å². The van der Waals surface area contributed by atoms with E-state index < -0.39 is 0 Å². The van der Waals surface area contributed by atoms with Gasteiger partial charge in [0, 0.05) is 18.2 Å². The summed E-state index contributed by atoms with van der Waals surface area (Å²) in [4.78, 5) is 9.42. The van der Waals surface area contributed by atoms with Gasteiger partial charge in [0.25, 0.3) is 5.82 Å². The molecule has 0 radical (unpaired) electrons. The first-order valence-electron chi connectivity index (χ1n) is 9.04. The number of quaternary nitrogens is 1. The molecular formula is C20H24N3O+. The van der Waals surface area contributed by atoms with E-state index in [1.165, 1.54) is 25.7 Å². The molecule has 2 N–H and O–H groups in total. The lowest BCUT2D eigenvalue weighted by Gasteiger charge is -2.11.